The fraction of sp³-hybridized carbons (Fsp3) is 0.391. The maximum absolute atomic E-state index is 13.0. The third-order valence-corrected chi connectivity index (χ3v) is 5.48. The first-order chi connectivity index (χ1) is 14.4. The molecule has 1 unspecified atom stereocenters. The highest BCUT2D eigenvalue weighted by Crippen LogP contribution is 2.30. The Morgan fingerprint density at radius 2 is 1.83 bits per heavy atom. The summed E-state index contributed by atoms with van der Waals surface area (Å²) in [5.74, 6) is 0.368. The van der Waals surface area contributed by atoms with Crippen molar-refractivity contribution in [3.05, 3.63) is 65.5 Å². The molecule has 1 heterocycles. The van der Waals surface area contributed by atoms with E-state index in [1.807, 2.05) is 31.2 Å². The normalized spacial score (nSPS) is 18.6. The highest BCUT2D eigenvalue weighted by atomic mass is 19.1. The lowest BCUT2D eigenvalue weighted by molar-refractivity contribution is -0.132. The number of amides is 3. The van der Waals surface area contributed by atoms with E-state index >= 15 is 0 Å². The number of halogens is 1. The van der Waals surface area contributed by atoms with Gasteiger partial charge in [-0.15, -0.1) is 0 Å². The molecule has 0 aliphatic carbocycles. The molecule has 0 radical (unpaired) electrons. The van der Waals surface area contributed by atoms with Gasteiger partial charge >= 0.3 is 6.03 Å². The monoisotopic (exact) mass is 413 g/mol. The second kappa shape index (κ2) is 9.61. The maximum atomic E-state index is 13.0. The van der Waals surface area contributed by atoms with Crippen molar-refractivity contribution in [1.29, 1.82) is 0 Å². The van der Waals surface area contributed by atoms with E-state index in [1.165, 1.54) is 12.1 Å². The number of nitrogens with one attached hydrogen (secondary N) is 2. The Kier molecular flexibility index (Phi) is 6.92. The number of ether oxygens (including phenoxy) is 1. The van der Waals surface area contributed by atoms with Gasteiger partial charge < -0.3 is 20.3 Å². The van der Waals surface area contributed by atoms with E-state index in [2.05, 4.69) is 10.6 Å². The van der Waals surface area contributed by atoms with Crippen molar-refractivity contribution in [3.63, 3.8) is 0 Å². The zero-order chi connectivity index (χ0) is 21.6. The van der Waals surface area contributed by atoms with Crippen LogP contribution in [0.25, 0.3) is 0 Å². The van der Waals surface area contributed by atoms with E-state index in [9.17, 15) is 14.0 Å². The van der Waals surface area contributed by atoms with Crippen molar-refractivity contribution in [2.45, 2.75) is 32.9 Å². The van der Waals surface area contributed by atoms with Gasteiger partial charge in [-0.2, -0.15) is 0 Å². The first kappa shape index (κ1) is 21.6. The fourth-order valence-corrected chi connectivity index (χ4v) is 3.67. The van der Waals surface area contributed by atoms with Crippen LogP contribution in [0.2, 0.25) is 0 Å². The number of carbonyl (C=O) groups is 2. The molecule has 1 aliphatic heterocycles. The van der Waals surface area contributed by atoms with Crippen molar-refractivity contribution in [1.82, 2.24) is 15.5 Å². The molecule has 0 bridgehead atoms. The average Bonchev–Trinajstić information content (AvgIpc) is 2.77. The van der Waals surface area contributed by atoms with Crippen LogP contribution in [0.4, 0.5) is 9.18 Å². The molecule has 1 saturated heterocycles. The van der Waals surface area contributed by atoms with Crippen LogP contribution in [0.15, 0.2) is 48.5 Å². The molecule has 1 fully saturated rings. The van der Waals surface area contributed by atoms with Crippen LogP contribution in [0.5, 0.6) is 5.75 Å². The van der Waals surface area contributed by atoms with E-state index in [4.69, 9.17) is 4.74 Å². The lowest BCUT2D eigenvalue weighted by Gasteiger charge is -2.39. The number of nitrogens with zero attached hydrogens (tertiary/aromatic N) is 1. The molecule has 160 valence electrons. The predicted molar refractivity (Wildman–Crippen MR) is 112 cm³/mol. The number of benzene rings is 2. The topological polar surface area (TPSA) is 70.7 Å². The van der Waals surface area contributed by atoms with E-state index in [1.54, 1.807) is 24.1 Å². The van der Waals surface area contributed by atoms with Gasteiger partial charge in [-0.25, -0.2) is 9.18 Å². The molecule has 30 heavy (non-hydrogen) atoms. The van der Waals surface area contributed by atoms with E-state index in [0.717, 1.165) is 29.7 Å². The van der Waals surface area contributed by atoms with Gasteiger partial charge in [0.1, 0.15) is 11.6 Å². The van der Waals surface area contributed by atoms with Crippen molar-refractivity contribution < 1.29 is 18.7 Å². The van der Waals surface area contributed by atoms with Crippen molar-refractivity contribution in [2.75, 3.05) is 20.2 Å². The Balaban J connectivity index is 1.54. The van der Waals surface area contributed by atoms with Crippen molar-refractivity contribution in [3.8, 4) is 5.75 Å². The summed E-state index contributed by atoms with van der Waals surface area (Å²) in [6.45, 7) is 3.57. The molecule has 0 saturated carbocycles. The van der Waals surface area contributed by atoms with Crippen LogP contribution >= 0.6 is 0 Å². The van der Waals surface area contributed by atoms with Crippen LogP contribution in [0.3, 0.4) is 0 Å². The Labute approximate surface area is 176 Å². The van der Waals surface area contributed by atoms with Gasteiger partial charge in [0.25, 0.3) is 0 Å². The van der Waals surface area contributed by atoms with Crippen LogP contribution in [-0.4, -0.2) is 37.0 Å². The summed E-state index contributed by atoms with van der Waals surface area (Å²) in [6, 6.07) is 13.4. The smallest absolute Gasteiger partial charge is 0.317 e. The van der Waals surface area contributed by atoms with Crippen LogP contribution in [0.1, 0.15) is 30.9 Å². The van der Waals surface area contributed by atoms with E-state index in [0.29, 0.717) is 26.2 Å². The minimum Gasteiger partial charge on any atom is -0.497 e. The van der Waals surface area contributed by atoms with Gasteiger partial charge in [-0.05, 0) is 55.2 Å². The van der Waals surface area contributed by atoms with Crippen LogP contribution in [-0.2, 0) is 17.9 Å². The van der Waals surface area contributed by atoms with Gasteiger partial charge in [0.2, 0.25) is 5.91 Å². The molecule has 1 atom stereocenters. The summed E-state index contributed by atoms with van der Waals surface area (Å²) in [4.78, 5) is 27.2. The van der Waals surface area contributed by atoms with Gasteiger partial charge in [0.05, 0.1) is 12.5 Å². The number of piperidine rings is 1. The Morgan fingerprint density at radius 1 is 1.10 bits per heavy atom. The standard InChI is InChI=1S/C23H28FN3O3/c1-23(21(28)25-15-18-5-3-6-20(13-18)30-2)11-4-12-27(16-23)22(29)26-14-17-7-9-19(24)10-8-17/h3,5-10,13H,4,11-12,14-16H2,1-2H3,(H,25,28)(H,26,29). The molecule has 2 N–H and O–H groups in total. The molecule has 0 spiro atoms. The second-order valence-electron chi connectivity index (χ2n) is 7.91. The highest BCUT2D eigenvalue weighted by Gasteiger charge is 2.39. The SMILES string of the molecule is COc1cccc(CNC(=O)C2(C)CCCN(C(=O)NCc3ccc(F)cc3)C2)c1. The lowest BCUT2D eigenvalue weighted by Crippen LogP contribution is -2.53. The number of likely N-dealkylation sites (tertiary alicyclic amines) is 1. The number of urea groups is 1. The first-order valence-electron chi connectivity index (χ1n) is 10.1. The van der Waals surface area contributed by atoms with Crippen molar-refractivity contribution in [2.24, 2.45) is 5.41 Å². The zero-order valence-electron chi connectivity index (χ0n) is 17.4. The van der Waals surface area contributed by atoms with Gasteiger partial charge in [-0.1, -0.05) is 24.3 Å². The molecule has 3 amide bonds. The molecule has 2 aromatic carbocycles. The average molecular weight is 413 g/mol. The maximum Gasteiger partial charge on any atom is 0.317 e. The number of hydrogen-bond acceptors (Lipinski definition) is 3. The molecule has 7 heteroatoms. The van der Waals surface area contributed by atoms with Crippen molar-refractivity contribution >= 4 is 11.9 Å². The summed E-state index contributed by atoms with van der Waals surface area (Å²) in [5, 5.41) is 5.85. The zero-order valence-corrected chi connectivity index (χ0v) is 17.4. The van der Waals surface area contributed by atoms with Gasteiger partial charge in [-0.3, -0.25) is 4.79 Å². The molecule has 1 aliphatic rings. The largest absolute Gasteiger partial charge is 0.497 e. The number of carbonyl (C=O) groups excluding carboxylic acids is 2. The summed E-state index contributed by atoms with van der Waals surface area (Å²) < 4.78 is 18.2. The summed E-state index contributed by atoms with van der Waals surface area (Å²) in [6.07, 6.45) is 1.48. The summed E-state index contributed by atoms with van der Waals surface area (Å²) >= 11 is 0. The third-order valence-electron chi connectivity index (χ3n) is 5.48. The van der Waals surface area contributed by atoms with Gasteiger partial charge in [0.15, 0.2) is 0 Å². The summed E-state index contributed by atoms with van der Waals surface area (Å²) in [7, 11) is 1.61. The van der Waals surface area contributed by atoms with Crippen LogP contribution in [0, 0.1) is 11.2 Å². The number of hydrogen-bond donors (Lipinski definition) is 2. The van der Waals surface area contributed by atoms with E-state index < -0.39 is 5.41 Å². The van der Waals surface area contributed by atoms with Gasteiger partial charge in [0, 0.05) is 26.2 Å². The molecule has 3 rings (SSSR count). The molecule has 6 nitrogen and oxygen atoms in total. The summed E-state index contributed by atoms with van der Waals surface area (Å²) in [5.41, 5.74) is 1.13. The predicted octanol–water partition coefficient (Wildman–Crippen LogP) is 3.46. The Bertz CT molecular complexity index is 888. The first-order valence-corrected chi connectivity index (χ1v) is 10.1. The highest BCUT2D eigenvalue weighted by molar-refractivity contribution is 5.84. The Hall–Kier alpha value is -3.09. The quantitative estimate of drug-likeness (QED) is 0.762. The molecule has 2 aromatic rings. The molecular formula is C23H28FN3O3. The number of rotatable bonds is 6. The van der Waals surface area contributed by atoms with E-state index in [-0.39, 0.29) is 17.8 Å². The third kappa shape index (κ3) is 5.49. The minimum atomic E-state index is -0.648. The fourth-order valence-electron chi connectivity index (χ4n) is 3.67. The number of methoxy groups -OCH3 is 1. The minimum absolute atomic E-state index is 0.0682. The van der Waals surface area contributed by atoms with Crippen LogP contribution < -0.4 is 15.4 Å². The lowest BCUT2D eigenvalue weighted by atomic mass is 9.81. The molecule has 0 aromatic heterocycles. The second-order valence-corrected chi connectivity index (χ2v) is 7.91. The Morgan fingerprint density at radius 3 is 2.57 bits per heavy atom. The molecular weight excluding hydrogens is 385 g/mol.